The summed E-state index contributed by atoms with van der Waals surface area (Å²) in [6, 6.07) is 12.2. The number of aryl methyl sites for hydroxylation is 1. The van der Waals surface area contributed by atoms with Crippen molar-refractivity contribution in [3.63, 3.8) is 0 Å². The van der Waals surface area contributed by atoms with Gasteiger partial charge >= 0.3 is 0 Å². The van der Waals surface area contributed by atoms with Gasteiger partial charge in [-0.1, -0.05) is 6.07 Å². The lowest BCUT2D eigenvalue weighted by atomic mass is 10.1. The van der Waals surface area contributed by atoms with Gasteiger partial charge in [-0.15, -0.1) is 37.2 Å². The molecule has 1 aliphatic rings. The third-order valence-electron chi connectivity index (χ3n) is 8.20. The number of anilines is 2. The van der Waals surface area contributed by atoms with Gasteiger partial charge in [-0.05, 0) is 75.2 Å². The first-order valence-electron chi connectivity index (χ1n) is 15.5. The van der Waals surface area contributed by atoms with Crippen molar-refractivity contribution in [2.24, 2.45) is 0 Å². The summed E-state index contributed by atoms with van der Waals surface area (Å²) in [6.07, 6.45) is 6.07. The fourth-order valence-electron chi connectivity index (χ4n) is 5.42. The number of carbonyl (C=O) groups is 3. The molecule has 0 atom stereocenters. The van der Waals surface area contributed by atoms with Crippen LogP contribution in [0.1, 0.15) is 52.0 Å². The molecule has 0 saturated carbocycles. The van der Waals surface area contributed by atoms with Gasteiger partial charge in [0.1, 0.15) is 11.5 Å². The fraction of sp³-hybridized carbons (Fsp3) is 0.382. The van der Waals surface area contributed by atoms with Gasteiger partial charge < -0.3 is 34.5 Å². The summed E-state index contributed by atoms with van der Waals surface area (Å²) < 4.78 is 11.7. The zero-order valence-corrected chi connectivity index (χ0v) is 30.5. The Balaban J connectivity index is 0.00000278. The van der Waals surface area contributed by atoms with E-state index in [0.717, 1.165) is 51.0 Å². The van der Waals surface area contributed by atoms with Gasteiger partial charge in [0.05, 0.1) is 42.5 Å². The van der Waals surface area contributed by atoms with Crippen LogP contribution in [0.2, 0.25) is 0 Å². The molecule has 3 amide bonds. The third kappa shape index (κ3) is 10.2. The molecule has 0 aliphatic carbocycles. The van der Waals surface area contributed by atoms with E-state index in [1.165, 1.54) is 19.6 Å². The molecule has 0 spiro atoms. The number of benzene rings is 2. The number of unbranched alkanes of at least 4 members (excludes halogenated alkanes) is 2. The normalized spacial score (nSPS) is 12.6. The number of hydrogen-bond donors (Lipinski definition) is 2. The Morgan fingerprint density at radius 3 is 2.43 bits per heavy atom. The number of aromatic amines is 1. The highest BCUT2D eigenvalue weighted by molar-refractivity contribution is 6.12. The molecule has 0 bridgehead atoms. The first kappa shape index (κ1) is 41.1. The topological polar surface area (TPSA) is 133 Å². The maximum Gasteiger partial charge on any atom is 0.258 e. The SMILES string of the molecule is COc1cc(C(=O)N(C)c2ccc(C)cc2OCCCCCC(=O)N2CCN(C)CC2)ccc1NC(=O)c1ccnc2nc[nH]c12.Cl.Cl.Cl. The molecule has 4 aromatic rings. The van der Waals surface area contributed by atoms with Crippen molar-refractivity contribution in [3.05, 3.63) is 71.7 Å². The van der Waals surface area contributed by atoms with E-state index in [4.69, 9.17) is 9.47 Å². The summed E-state index contributed by atoms with van der Waals surface area (Å²) >= 11 is 0. The van der Waals surface area contributed by atoms with Crippen LogP contribution in [0.25, 0.3) is 11.2 Å². The number of pyridine rings is 1. The number of methoxy groups -OCH3 is 1. The molecule has 1 saturated heterocycles. The lowest BCUT2D eigenvalue weighted by molar-refractivity contribution is -0.132. The molecular weight excluding hydrogens is 693 g/mol. The lowest BCUT2D eigenvalue weighted by Gasteiger charge is -2.32. The summed E-state index contributed by atoms with van der Waals surface area (Å²) in [5.41, 5.74) is 3.81. The molecule has 49 heavy (non-hydrogen) atoms. The quantitative estimate of drug-likeness (QED) is 0.175. The van der Waals surface area contributed by atoms with Crippen LogP contribution in [-0.2, 0) is 4.79 Å². The second kappa shape index (κ2) is 19.2. The Morgan fingerprint density at radius 1 is 0.939 bits per heavy atom. The van der Waals surface area contributed by atoms with Crippen LogP contribution in [0.15, 0.2) is 55.0 Å². The number of imidazole rings is 1. The van der Waals surface area contributed by atoms with Gasteiger partial charge in [-0.2, -0.15) is 0 Å². The van der Waals surface area contributed by atoms with E-state index in [-0.39, 0.29) is 54.9 Å². The fourth-order valence-corrected chi connectivity index (χ4v) is 5.42. The number of ether oxygens (including phenoxy) is 2. The highest BCUT2D eigenvalue weighted by Gasteiger charge is 2.21. The van der Waals surface area contributed by atoms with Gasteiger partial charge in [0.25, 0.3) is 11.8 Å². The van der Waals surface area contributed by atoms with Crippen LogP contribution in [0.3, 0.4) is 0 Å². The van der Waals surface area contributed by atoms with Crippen LogP contribution in [-0.4, -0.2) is 96.5 Å². The van der Waals surface area contributed by atoms with Crippen molar-refractivity contribution < 1.29 is 23.9 Å². The first-order valence-corrected chi connectivity index (χ1v) is 15.5. The minimum atomic E-state index is -0.366. The van der Waals surface area contributed by atoms with Gasteiger partial charge in [-0.25, -0.2) is 9.97 Å². The van der Waals surface area contributed by atoms with Crippen LogP contribution < -0.4 is 19.7 Å². The van der Waals surface area contributed by atoms with Gasteiger partial charge in [0, 0.05) is 51.4 Å². The van der Waals surface area contributed by atoms with Crippen molar-refractivity contribution >= 4 is 77.5 Å². The Kier molecular flexibility index (Phi) is 16.1. The van der Waals surface area contributed by atoms with Crippen molar-refractivity contribution in [2.45, 2.75) is 32.6 Å². The van der Waals surface area contributed by atoms with Gasteiger partial charge in [0.2, 0.25) is 5.91 Å². The predicted octanol–water partition coefficient (Wildman–Crippen LogP) is 5.78. The number of carbonyl (C=O) groups excluding carboxylic acids is 3. The van der Waals surface area contributed by atoms with E-state index in [0.29, 0.717) is 58.2 Å². The molecule has 15 heteroatoms. The summed E-state index contributed by atoms with van der Waals surface area (Å²) in [7, 11) is 5.26. The zero-order chi connectivity index (χ0) is 32.6. The van der Waals surface area contributed by atoms with E-state index < -0.39 is 0 Å². The number of amides is 3. The van der Waals surface area contributed by atoms with E-state index in [1.807, 2.05) is 30.0 Å². The standard InChI is InChI=1S/C34H41N7O5.3ClH/c1-23-9-12-27(29(20-23)46-19-7-5-6-8-30(42)41-17-15-39(2)16-18-41)40(3)34(44)24-10-11-26(28(21-24)45-4)38-33(43)25-13-14-35-32-31(25)36-22-37-32;;;/h9-14,20-22H,5-8,15-19H2,1-4H3,(H,38,43)(H,35,36,37);3*1H. The average Bonchev–Trinajstić information content (AvgIpc) is 3.55. The minimum absolute atomic E-state index is 0. The van der Waals surface area contributed by atoms with E-state index >= 15 is 0 Å². The van der Waals surface area contributed by atoms with Crippen molar-refractivity contribution in [2.75, 3.05) is 64.2 Å². The summed E-state index contributed by atoms with van der Waals surface area (Å²) in [5, 5.41) is 2.86. The summed E-state index contributed by atoms with van der Waals surface area (Å²) in [6.45, 7) is 5.91. The second-order valence-electron chi connectivity index (χ2n) is 11.5. The Hall–Kier alpha value is -4.10. The summed E-state index contributed by atoms with van der Waals surface area (Å²) in [4.78, 5) is 56.1. The van der Waals surface area contributed by atoms with Crippen molar-refractivity contribution in [1.29, 1.82) is 0 Å². The number of piperazine rings is 1. The molecule has 0 radical (unpaired) electrons. The Bertz CT molecular complexity index is 1710. The minimum Gasteiger partial charge on any atom is -0.495 e. The number of fused-ring (bicyclic) bond motifs is 1. The predicted molar refractivity (Wildman–Crippen MR) is 199 cm³/mol. The average molecular weight is 737 g/mol. The molecule has 12 nitrogen and oxygen atoms in total. The van der Waals surface area contributed by atoms with E-state index in [9.17, 15) is 14.4 Å². The van der Waals surface area contributed by atoms with E-state index in [1.54, 1.807) is 36.2 Å². The number of rotatable bonds is 12. The Morgan fingerprint density at radius 2 is 1.69 bits per heavy atom. The zero-order valence-electron chi connectivity index (χ0n) is 28.1. The summed E-state index contributed by atoms with van der Waals surface area (Å²) in [5.74, 6) is 0.554. The number of hydrogen-bond acceptors (Lipinski definition) is 8. The molecule has 1 aliphatic heterocycles. The molecule has 1 fully saturated rings. The first-order chi connectivity index (χ1) is 22.2. The van der Waals surface area contributed by atoms with E-state index in [2.05, 4.69) is 32.2 Å². The van der Waals surface area contributed by atoms with Crippen LogP contribution >= 0.6 is 37.2 Å². The van der Waals surface area contributed by atoms with Crippen molar-refractivity contribution in [3.8, 4) is 11.5 Å². The number of nitrogens with one attached hydrogen (secondary N) is 2. The molecule has 0 unspecified atom stereocenters. The van der Waals surface area contributed by atoms with Crippen LogP contribution in [0.5, 0.6) is 11.5 Å². The van der Waals surface area contributed by atoms with Crippen molar-refractivity contribution in [1.82, 2.24) is 24.8 Å². The maximum absolute atomic E-state index is 13.6. The lowest BCUT2D eigenvalue weighted by Crippen LogP contribution is -2.47. The molecule has 5 rings (SSSR count). The van der Waals surface area contributed by atoms with Gasteiger partial charge in [-0.3, -0.25) is 14.4 Å². The highest BCUT2D eigenvalue weighted by Crippen LogP contribution is 2.32. The number of halogens is 3. The molecular formula is C34H44Cl3N7O5. The molecule has 2 aromatic heterocycles. The Labute approximate surface area is 305 Å². The molecule has 266 valence electrons. The number of aromatic nitrogens is 3. The highest BCUT2D eigenvalue weighted by atomic mass is 35.5. The molecule has 2 aromatic carbocycles. The maximum atomic E-state index is 13.6. The van der Waals surface area contributed by atoms with Crippen LogP contribution in [0, 0.1) is 6.92 Å². The largest absolute Gasteiger partial charge is 0.495 e. The number of nitrogens with zero attached hydrogens (tertiary/aromatic N) is 5. The van der Waals surface area contributed by atoms with Crippen LogP contribution in [0.4, 0.5) is 11.4 Å². The number of H-pyrrole nitrogens is 1. The molecule has 3 heterocycles. The molecule has 2 N–H and O–H groups in total. The third-order valence-corrected chi connectivity index (χ3v) is 8.20. The smallest absolute Gasteiger partial charge is 0.258 e. The van der Waals surface area contributed by atoms with Gasteiger partial charge in [0.15, 0.2) is 5.65 Å². The second-order valence-corrected chi connectivity index (χ2v) is 11.5. The monoisotopic (exact) mass is 735 g/mol. The number of likely N-dealkylation sites (N-methyl/N-ethyl adjacent to an activating group) is 1.